The molecule has 0 aliphatic carbocycles. The fourth-order valence-corrected chi connectivity index (χ4v) is 5.29. The predicted octanol–water partition coefficient (Wildman–Crippen LogP) is 4.88. The van der Waals surface area contributed by atoms with Crippen LogP contribution in [0.4, 0.5) is 5.69 Å². The van der Waals surface area contributed by atoms with Gasteiger partial charge in [-0.2, -0.15) is 0 Å². The molecule has 5 rings (SSSR count). The van der Waals surface area contributed by atoms with Gasteiger partial charge in [-0.15, -0.1) is 10.2 Å². The summed E-state index contributed by atoms with van der Waals surface area (Å²) >= 11 is 1.46. The number of aromatic nitrogens is 3. The molecule has 0 saturated carbocycles. The van der Waals surface area contributed by atoms with E-state index in [2.05, 4.69) is 66.6 Å². The van der Waals surface area contributed by atoms with E-state index in [-0.39, 0.29) is 11.9 Å². The average Bonchev–Trinajstić information content (AvgIpc) is 3.30. The number of carbonyl (C=O) groups is 1. The van der Waals surface area contributed by atoms with Gasteiger partial charge < -0.3 is 4.90 Å². The van der Waals surface area contributed by atoms with E-state index >= 15 is 0 Å². The zero-order valence-electron chi connectivity index (χ0n) is 17.6. The molecular formula is C24H24N4OS. The molecule has 0 unspecified atom stereocenters. The average molecular weight is 417 g/mol. The number of nitrogens with zero attached hydrogens (tertiary/aromatic N) is 4. The molecule has 4 aromatic rings. The number of benzene rings is 2. The summed E-state index contributed by atoms with van der Waals surface area (Å²) in [6.07, 6.45) is 0.906. The minimum absolute atomic E-state index is 0.110. The quantitative estimate of drug-likeness (QED) is 0.447. The van der Waals surface area contributed by atoms with Gasteiger partial charge in [0.15, 0.2) is 10.8 Å². The van der Waals surface area contributed by atoms with E-state index in [0.29, 0.717) is 5.75 Å². The molecule has 0 saturated heterocycles. The van der Waals surface area contributed by atoms with E-state index in [9.17, 15) is 4.79 Å². The van der Waals surface area contributed by atoms with E-state index in [1.165, 1.54) is 28.5 Å². The van der Waals surface area contributed by atoms with Gasteiger partial charge in [0, 0.05) is 11.7 Å². The maximum atomic E-state index is 13.1. The zero-order valence-corrected chi connectivity index (χ0v) is 18.5. The first-order valence-electron chi connectivity index (χ1n) is 10.2. The highest BCUT2D eigenvalue weighted by Gasteiger charge is 2.30. The number of thioether (sulfide) groups is 1. The van der Waals surface area contributed by atoms with Crippen LogP contribution in [0.3, 0.4) is 0 Å². The number of hydrogen-bond acceptors (Lipinski definition) is 4. The Morgan fingerprint density at radius 2 is 1.90 bits per heavy atom. The Morgan fingerprint density at radius 1 is 1.10 bits per heavy atom. The topological polar surface area (TPSA) is 50.5 Å². The highest BCUT2D eigenvalue weighted by Crippen LogP contribution is 2.33. The third kappa shape index (κ3) is 2.89. The van der Waals surface area contributed by atoms with Crippen LogP contribution in [-0.2, 0) is 11.2 Å². The van der Waals surface area contributed by atoms with Gasteiger partial charge in [0.25, 0.3) is 0 Å². The molecule has 1 atom stereocenters. The number of anilines is 1. The Labute approximate surface area is 180 Å². The third-order valence-electron chi connectivity index (χ3n) is 6.12. The lowest BCUT2D eigenvalue weighted by Gasteiger charge is -2.22. The molecule has 30 heavy (non-hydrogen) atoms. The van der Waals surface area contributed by atoms with Gasteiger partial charge in [-0.05, 0) is 73.9 Å². The maximum absolute atomic E-state index is 13.1. The van der Waals surface area contributed by atoms with Crippen LogP contribution in [0, 0.1) is 20.8 Å². The fourth-order valence-electron chi connectivity index (χ4n) is 4.49. The molecule has 5 nitrogen and oxygen atoms in total. The van der Waals surface area contributed by atoms with E-state index in [1.807, 2.05) is 23.1 Å². The largest absolute Gasteiger partial charge is 0.308 e. The van der Waals surface area contributed by atoms with Crippen molar-refractivity contribution in [1.29, 1.82) is 0 Å². The Hall–Kier alpha value is -2.86. The minimum atomic E-state index is 0.110. The summed E-state index contributed by atoms with van der Waals surface area (Å²) in [6, 6.07) is 14.8. The van der Waals surface area contributed by atoms with Crippen molar-refractivity contribution in [2.24, 2.45) is 0 Å². The summed E-state index contributed by atoms with van der Waals surface area (Å²) in [4.78, 5) is 15.1. The molecule has 0 fully saturated rings. The first-order valence-corrected chi connectivity index (χ1v) is 11.2. The van der Waals surface area contributed by atoms with E-state index in [4.69, 9.17) is 0 Å². The summed E-state index contributed by atoms with van der Waals surface area (Å²) in [5, 5.41) is 10.8. The molecule has 3 heterocycles. The molecule has 0 radical (unpaired) electrons. The van der Waals surface area contributed by atoms with Gasteiger partial charge in [0.2, 0.25) is 5.91 Å². The van der Waals surface area contributed by atoms with E-state index in [1.54, 1.807) is 0 Å². The van der Waals surface area contributed by atoms with Gasteiger partial charge in [-0.1, -0.05) is 42.1 Å². The van der Waals surface area contributed by atoms with Crippen LogP contribution in [-0.4, -0.2) is 32.3 Å². The van der Waals surface area contributed by atoms with Gasteiger partial charge in [-0.25, -0.2) is 0 Å². The number of fused-ring (bicyclic) bond motifs is 4. The van der Waals surface area contributed by atoms with Crippen LogP contribution < -0.4 is 4.90 Å². The fraction of sp³-hybridized carbons (Fsp3) is 0.292. The van der Waals surface area contributed by atoms with Gasteiger partial charge >= 0.3 is 0 Å². The lowest BCUT2D eigenvalue weighted by atomic mass is 10.0. The second-order valence-electron chi connectivity index (χ2n) is 8.15. The molecule has 1 aliphatic rings. The van der Waals surface area contributed by atoms with Crippen molar-refractivity contribution >= 4 is 39.9 Å². The Balaban J connectivity index is 1.51. The van der Waals surface area contributed by atoms with Crippen molar-refractivity contribution in [3.8, 4) is 0 Å². The van der Waals surface area contributed by atoms with Gasteiger partial charge in [-0.3, -0.25) is 9.20 Å². The SMILES string of the molecule is Cc1ccc2cc(C)c3nnc(SCC(=O)N4c5ccccc5C[C@H]4C)n3c2c1C. The monoisotopic (exact) mass is 416 g/mol. The first-order chi connectivity index (χ1) is 14.5. The molecule has 6 heteroatoms. The zero-order chi connectivity index (χ0) is 21.0. The number of aryl methyl sites for hydroxylation is 3. The van der Waals surface area contributed by atoms with Crippen LogP contribution in [0.2, 0.25) is 0 Å². The predicted molar refractivity (Wildman–Crippen MR) is 123 cm³/mol. The van der Waals surface area contributed by atoms with Crippen LogP contribution >= 0.6 is 11.8 Å². The molecule has 1 aliphatic heterocycles. The molecule has 2 aromatic carbocycles. The smallest absolute Gasteiger partial charge is 0.237 e. The third-order valence-corrected chi connectivity index (χ3v) is 7.03. The van der Waals surface area contributed by atoms with Crippen molar-refractivity contribution in [3.05, 3.63) is 64.7 Å². The molecular weight excluding hydrogens is 392 g/mol. The van der Waals surface area contributed by atoms with E-state index < -0.39 is 0 Å². The van der Waals surface area contributed by atoms with Crippen molar-refractivity contribution in [2.75, 3.05) is 10.7 Å². The number of rotatable bonds is 3. The van der Waals surface area contributed by atoms with Crippen LogP contribution in [0.15, 0.2) is 47.6 Å². The summed E-state index contributed by atoms with van der Waals surface area (Å²) in [5.41, 5.74) is 7.78. The number of amides is 1. The number of pyridine rings is 1. The Bertz CT molecular complexity index is 1310. The molecule has 0 spiro atoms. The molecule has 2 aromatic heterocycles. The van der Waals surface area contributed by atoms with Gasteiger partial charge in [0.1, 0.15) is 0 Å². The Kier molecular flexibility index (Phi) is 4.54. The van der Waals surface area contributed by atoms with Crippen molar-refractivity contribution in [3.63, 3.8) is 0 Å². The van der Waals surface area contributed by atoms with Crippen molar-refractivity contribution in [1.82, 2.24) is 14.6 Å². The van der Waals surface area contributed by atoms with Gasteiger partial charge in [0.05, 0.1) is 11.3 Å². The van der Waals surface area contributed by atoms with Crippen molar-refractivity contribution < 1.29 is 4.79 Å². The normalized spacial score (nSPS) is 15.9. The highest BCUT2D eigenvalue weighted by molar-refractivity contribution is 7.99. The molecule has 0 N–H and O–H groups in total. The summed E-state index contributed by atoms with van der Waals surface area (Å²) in [6.45, 7) is 8.42. The summed E-state index contributed by atoms with van der Waals surface area (Å²) in [7, 11) is 0. The van der Waals surface area contributed by atoms with Crippen molar-refractivity contribution in [2.45, 2.75) is 45.3 Å². The molecule has 0 bridgehead atoms. The number of hydrogen-bond donors (Lipinski definition) is 0. The maximum Gasteiger partial charge on any atom is 0.237 e. The van der Waals surface area contributed by atoms with Crippen LogP contribution in [0.5, 0.6) is 0 Å². The molecule has 1 amide bonds. The van der Waals surface area contributed by atoms with E-state index in [0.717, 1.165) is 39.4 Å². The number of para-hydroxylation sites is 1. The lowest BCUT2D eigenvalue weighted by molar-refractivity contribution is -0.116. The highest BCUT2D eigenvalue weighted by atomic mass is 32.2. The summed E-state index contributed by atoms with van der Waals surface area (Å²) in [5.74, 6) is 0.443. The van der Waals surface area contributed by atoms with Crippen LogP contribution in [0.1, 0.15) is 29.2 Å². The molecule has 152 valence electrons. The first kappa shape index (κ1) is 19.1. The lowest BCUT2D eigenvalue weighted by Crippen LogP contribution is -2.37. The minimum Gasteiger partial charge on any atom is -0.308 e. The second-order valence-corrected chi connectivity index (χ2v) is 9.09. The second kappa shape index (κ2) is 7.13. The Morgan fingerprint density at radius 3 is 2.73 bits per heavy atom. The number of carbonyl (C=O) groups excluding carboxylic acids is 1. The van der Waals surface area contributed by atoms with Crippen LogP contribution in [0.25, 0.3) is 16.6 Å². The summed E-state index contributed by atoms with van der Waals surface area (Å²) < 4.78 is 2.12. The standard InChI is InChI=1S/C24H24N4OS/c1-14-9-10-19-11-15(2)23-25-26-24(28(23)22(19)17(14)4)30-13-21(29)27-16(3)12-18-7-5-6-8-20(18)27/h5-11,16H,12-13H2,1-4H3/t16-/m1/s1.